The van der Waals surface area contributed by atoms with Gasteiger partial charge in [-0.05, 0) is 56.3 Å². The van der Waals surface area contributed by atoms with Gasteiger partial charge in [0.25, 0.3) is 5.91 Å². The number of methoxy groups -OCH3 is 1. The molecular formula is C23H28N2O4. The van der Waals surface area contributed by atoms with Crippen molar-refractivity contribution in [2.45, 2.75) is 20.5 Å². The van der Waals surface area contributed by atoms with Crippen molar-refractivity contribution in [2.75, 3.05) is 44.8 Å². The molecule has 0 bridgehead atoms. The fraction of sp³-hybridized carbons (Fsp3) is 0.391. The van der Waals surface area contributed by atoms with Crippen LogP contribution in [0.1, 0.15) is 40.1 Å². The van der Waals surface area contributed by atoms with Crippen LogP contribution in [0.15, 0.2) is 42.5 Å². The third-order valence-electron chi connectivity index (χ3n) is 5.19. The number of hydrogen-bond acceptors (Lipinski definition) is 5. The minimum atomic E-state index is 0.0250. The SMILES string of the molecule is CCOCc1cc(C(=O)N2CCN(c3ccc(C(C)=O)cc3)CC2)ccc1OC. The summed E-state index contributed by atoms with van der Waals surface area (Å²) >= 11 is 0. The maximum Gasteiger partial charge on any atom is 0.253 e. The normalized spacial score (nSPS) is 14.0. The Labute approximate surface area is 172 Å². The molecule has 1 amide bonds. The molecule has 154 valence electrons. The zero-order valence-electron chi connectivity index (χ0n) is 17.3. The lowest BCUT2D eigenvalue weighted by atomic mass is 10.1. The number of amides is 1. The summed E-state index contributed by atoms with van der Waals surface area (Å²) in [6.07, 6.45) is 0. The highest BCUT2D eigenvalue weighted by molar-refractivity contribution is 5.95. The summed E-state index contributed by atoms with van der Waals surface area (Å²) in [5.74, 6) is 0.820. The topological polar surface area (TPSA) is 59.1 Å². The zero-order valence-corrected chi connectivity index (χ0v) is 17.3. The number of carbonyl (C=O) groups is 2. The molecule has 2 aromatic carbocycles. The summed E-state index contributed by atoms with van der Waals surface area (Å²) in [6, 6.07) is 13.1. The van der Waals surface area contributed by atoms with Gasteiger partial charge in [-0.3, -0.25) is 9.59 Å². The first kappa shape index (κ1) is 20.9. The van der Waals surface area contributed by atoms with Crippen molar-refractivity contribution in [1.29, 1.82) is 0 Å². The summed E-state index contributed by atoms with van der Waals surface area (Å²) in [4.78, 5) is 28.5. The van der Waals surface area contributed by atoms with Gasteiger partial charge in [0.15, 0.2) is 5.78 Å². The molecule has 1 heterocycles. The van der Waals surface area contributed by atoms with E-state index >= 15 is 0 Å². The lowest BCUT2D eigenvalue weighted by Gasteiger charge is -2.36. The second kappa shape index (κ2) is 9.56. The van der Waals surface area contributed by atoms with Crippen LogP contribution in [0.2, 0.25) is 0 Å². The number of nitrogens with zero attached hydrogens (tertiary/aromatic N) is 2. The van der Waals surface area contributed by atoms with E-state index in [1.54, 1.807) is 14.0 Å². The maximum absolute atomic E-state index is 13.0. The van der Waals surface area contributed by atoms with Crippen LogP contribution < -0.4 is 9.64 Å². The highest BCUT2D eigenvalue weighted by Gasteiger charge is 2.23. The first-order chi connectivity index (χ1) is 14.0. The van der Waals surface area contributed by atoms with E-state index in [1.807, 2.05) is 54.3 Å². The van der Waals surface area contributed by atoms with Gasteiger partial charge in [0.05, 0.1) is 13.7 Å². The molecule has 1 fully saturated rings. The van der Waals surface area contributed by atoms with Crippen molar-refractivity contribution >= 4 is 17.4 Å². The molecule has 1 aliphatic heterocycles. The molecule has 0 radical (unpaired) electrons. The van der Waals surface area contributed by atoms with Crippen LogP contribution in [0.4, 0.5) is 5.69 Å². The number of Topliss-reactive ketones (excluding diaryl/α,β-unsaturated/α-hetero) is 1. The number of carbonyl (C=O) groups excluding carboxylic acids is 2. The number of rotatable bonds is 7. The van der Waals surface area contributed by atoms with Crippen LogP contribution in [0, 0.1) is 0 Å². The number of benzene rings is 2. The fourth-order valence-electron chi connectivity index (χ4n) is 3.49. The molecule has 0 aliphatic carbocycles. The fourth-order valence-corrected chi connectivity index (χ4v) is 3.49. The monoisotopic (exact) mass is 396 g/mol. The Morgan fingerprint density at radius 1 is 0.966 bits per heavy atom. The Balaban J connectivity index is 1.64. The van der Waals surface area contributed by atoms with Crippen LogP contribution in [-0.2, 0) is 11.3 Å². The molecule has 0 aromatic heterocycles. The molecule has 1 aliphatic rings. The predicted octanol–water partition coefficient (Wildman–Crippen LogP) is 3.40. The van der Waals surface area contributed by atoms with Crippen LogP contribution in [0.5, 0.6) is 5.75 Å². The Kier molecular flexibility index (Phi) is 6.88. The highest BCUT2D eigenvalue weighted by atomic mass is 16.5. The van der Waals surface area contributed by atoms with Gasteiger partial charge in [-0.15, -0.1) is 0 Å². The number of anilines is 1. The third-order valence-corrected chi connectivity index (χ3v) is 5.19. The maximum atomic E-state index is 13.0. The van der Waals surface area contributed by atoms with Crippen molar-refractivity contribution in [3.05, 3.63) is 59.2 Å². The summed E-state index contributed by atoms with van der Waals surface area (Å²) in [6.45, 7) is 7.36. The van der Waals surface area contributed by atoms with E-state index in [0.717, 1.165) is 30.1 Å². The van der Waals surface area contributed by atoms with Gasteiger partial charge in [-0.2, -0.15) is 0 Å². The lowest BCUT2D eigenvalue weighted by molar-refractivity contribution is 0.0746. The van der Waals surface area contributed by atoms with Crippen LogP contribution in [-0.4, -0.2) is 56.5 Å². The van der Waals surface area contributed by atoms with E-state index in [9.17, 15) is 9.59 Å². The molecule has 1 saturated heterocycles. The average Bonchev–Trinajstić information content (AvgIpc) is 2.77. The Hall–Kier alpha value is -2.86. The number of ketones is 1. The van der Waals surface area contributed by atoms with E-state index in [4.69, 9.17) is 9.47 Å². The summed E-state index contributed by atoms with van der Waals surface area (Å²) < 4.78 is 10.9. The van der Waals surface area contributed by atoms with E-state index in [0.29, 0.717) is 37.4 Å². The molecule has 0 N–H and O–H groups in total. The second-order valence-corrected chi connectivity index (χ2v) is 7.05. The Bertz CT molecular complexity index is 856. The van der Waals surface area contributed by atoms with Crippen molar-refractivity contribution in [2.24, 2.45) is 0 Å². The van der Waals surface area contributed by atoms with Gasteiger partial charge < -0.3 is 19.3 Å². The Morgan fingerprint density at radius 2 is 1.62 bits per heavy atom. The molecule has 29 heavy (non-hydrogen) atoms. The largest absolute Gasteiger partial charge is 0.496 e. The van der Waals surface area contributed by atoms with E-state index in [1.165, 1.54) is 0 Å². The van der Waals surface area contributed by atoms with Crippen LogP contribution in [0.3, 0.4) is 0 Å². The molecule has 0 unspecified atom stereocenters. The summed E-state index contributed by atoms with van der Waals surface area (Å²) in [5, 5.41) is 0. The van der Waals surface area contributed by atoms with Crippen molar-refractivity contribution in [3.8, 4) is 5.75 Å². The highest BCUT2D eigenvalue weighted by Crippen LogP contribution is 2.23. The van der Waals surface area contributed by atoms with E-state index in [-0.39, 0.29) is 11.7 Å². The smallest absolute Gasteiger partial charge is 0.253 e. The van der Waals surface area contributed by atoms with Crippen LogP contribution in [0.25, 0.3) is 0 Å². The molecule has 0 atom stereocenters. The molecule has 2 aromatic rings. The third kappa shape index (κ3) is 4.95. The number of ether oxygens (including phenoxy) is 2. The first-order valence-electron chi connectivity index (χ1n) is 9.93. The molecule has 3 rings (SSSR count). The zero-order chi connectivity index (χ0) is 20.8. The van der Waals surface area contributed by atoms with Gasteiger partial charge >= 0.3 is 0 Å². The predicted molar refractivity (Wildman–Crippen MR) is 113 cm³/mol. The quantitative estimate of drug-likeness (QED) is 0.672. The van der Waals surface area contributed by atoms with Crippen molar-refractivity contribution in [1.82, 2.24) is 4.90 Å². The van der Waals surface area contributed by atoms with Crippen LogP contribution >= 0.6 is 0 Å². The molecule has 6 heteroatoms. The number of piperazine rings is 1. The Morgan fingerprint density at radius 3 is 2.21 bits per heavy atom. The average molecular weight is 396 g/mol. The summed E-state index contributed by atoms with van der Waals surface area (Å²) in [7, 11) is 1.62. The molecule has 0 saturated carbocycles. The van der Waals surface area contributed by atoms with Gasteiger partial charge in [0.1, 0.15) is 5.75 Å². The molecule has 6 nitrogen and oxygen atoms in total. The van der Waals surface area contributed by atoms with Gasteiger partial charge in [-0.25, -0.2) is 0 Å². The minimum absolute atomic E-state index is 0.0250. The molecular weight excluding hydrogens is 368 g/mol. The van der Waals surface area contributed by atoms with Gasteiger partial charge in [0.2, 0.25) is 0 Å². The van der Waals surface area contributed by atoms with Crippen molar-refractivity contribution in [3.63, 3.8) is 0 Å². The standard InChI is InChI=1S/C23H28N2O4/c1-4-29-16-20-15-19(7-10-22(20)28-3)23(27)25-13-11-24(12-14-25)21-8-5-18(6-9-21)17(2)26/h5-10,15H,4,11-14,16H2,1-3H3. The molecule has 0 spiro atoms. The lowest BCUT2D eigenvalue weighted by Crippen LogP contribution is -2.48. The van der Waals surface area contributed by atoms with E-state index < -0.39 is 0 Å². The van der Waals surface area contributed by atoms with Gasteiger partial charge in [-0.1, -0.05) is 0 Å². The first-order valence-corrected chi connectivity index (χ1v) is 9.93. The van der Waals surface area contributed by atoms with E-state index in [2.05, 4.69) is 4.90 Å². The summed E-state index contributed by atoms with van der Waals surface area (Å²) in [5.41, 5.74) is 3.32. The van der Waals surface area contributed by atoms with Crippen molar-refractivity contribution < 1.29 is 19.1 Å². The number of hydrogen-bond donors (Lipinski definition) is 0. The second-order valence-electron chi connectivity index (χ2n) is 7.05. The van der Waals surface area contributed by atoms with Gasteiger partial charge in [0, 0.05) is 55.2 Å². The minimum Gasteiger partial charge on any atom is -0.496 e.